The van der Waals surface area contributed by atoms with Crippen LogP contribution in [0, 0.1) is 6.92 Å². The maximum atomic E-state index is 12.1. The second kappa shape index (κ2) is 7.73. The monoisotopic (exact) mass is 332 g/mol. The number of thiazole rings is 1. The summed E-state index contributed by atoms with van der Waals surface area (Å²) in [7, 11) is 1.73. The van der Waals surface area contributed by atoms with E-state index < -0.39 is 0 Å². The van der Waals surface area contributed by atoms with Crippen molar-refractivity contribution in [1.82, 2.24) is 15.2 Å². The van der Waals surface area contributed by atoms with E-state index in [4.69, 9.17) is 0 Å². The van der Waals surface area contributed by atoms with Crippen LogP contribution in [0.5, 0.6) is 0 Å². The number of benzene rings is 1. The van der Waals surface area contributed by atoms with Crippen LogP contribution in [0.15, 0.2) is 29.6 Å². The molecule has 0 radical (unpaired) electrons. The third-order valence-corrected chi connectivity index (χ3v) is 3.93. The zero-order valence-electron chi connectivity index (χ0n) is 13.4. The van der Waals surface area contributed by atoms with Crippen molar-refractivity contribution in [3.63, 3.8) is 0 Å². The molecule has 0 fully saturated rings. The minimum Gasteiger partial charge on any atom is -0.334 e. The number of urea groups is 1. The molecule has 2 aromatic rings. The summed E-state index contributed by atoms with van der Waals surface area (Å²) in [4.78, 5) is 29.1. The Kier molecular flexibility index (Phi) is 5.70. The molecule has 1 aromatic heterocycles. The van der Waals surface area contributed by atoms with Gasteiger partial charge in [-0.05, 0) is 24.6 Å². The summed E-state index contributed by atoms with van der Waals surface area (Å²) in [6.45, 7) is 4.27. The first-order valence-electron chi connectivity index (χ1n) is 7.20. The van der Waals surface area contributed by atoms with Gasteiger partial charge >= 0.3 is 6.03 Å². The lowest BCUT2D eigenvalue weighted by Gasteiger charge is -2.17. The second-order valence-electron chi connectivity index (χ2n) is 5.25. The summed E-state index contributed by atoms with van der Waals surface area (Å²) < 4.78 is 0. The van der Waals surface area contributed by atoms with Gasteiger partial charge in [-0.15, -0.1) is 11.3 Å². The number of aromatic nitrogens is 1. The van der Waals surface area contributed by atoms with Gasteiger partial charge in [-0.25, -0.2) is 9.78 Å². The number of nitrogens with zero attached hydrogens (tertiary/aromatic N) is 2. The first-order valence-corrected chi connectivity index (χ1v) is 8.08. The molecule has 0 aliphatic carbocycles. The molecule has 0 bridgehead atoms. The normalized spacial score (nSPS) is 10.2. The highest BCUT2D eigenvalue weighted by Gasteiger charge is 2.10. The predicted octanol–water partition coefficient (Wildman–Crippen LogP) is 2.75. The van der Waals surface area contributed by atoms with Gasteiger partial charge in [0.15, 0.2) is 0 Å². The Bertz CT molecular complexity index is 699. The Balaban J connectivity index is 1.87. The van der Waals surface area contributed by atoms with E-state index in [0.717, 1.165) is 22.0 Å². The SMILES string of the molecule is CC(=O)Nc1cccc(CNC(=O)N(C)Cc2csc(C)n2)c1. The van der Waals surface area contributed by atoms with E-state index in [2.05, 4.69) is 15.6 Å². The minimum atomic E-state index is -0.166. The highest BCUT2D eigenvalue weighted by Crippen LogP contribution is 2.11. The highest BCUT2D eigenvalue weighted by atomic mass is 32.1. The van der Waals surface area contributed by atoms with Gasteiger partial charge in [-0.1, -0.05) is 12.1 Å². The molecule has 0 saturated carbocycles. The van der Waals surface area contributed by atoms with Crippen LogP contribution < -0.4 is 10.6 Å². The summed E-state index contributed by atoms with van der Waals surface area (Å²) >= 11 is 1.57. The molecule has 0 unspecified atom stereocenters. The maximum absolute atomic E-state index is 12.1. The number of hydrogen-bond acceptors (Lipinski definition) is 4. The number of carbonyl (C=O) groups is 2. The Labute approximate surface area is 139 Å². The van der Waals surface area contributed by atoms with E-state index >= 15 is 0 Å². The topological polar surface area (TPSA) is 74.3 Å². The predicted molar refractivity (Wildman–Crippen MR) is 91.3 cm³/mol. The average molecular weight is 332 g/mol. The Morgan fingerprint density at radius 1 is 1.35 bits per heavy atom. The van der Waals surface area contributed by atoms with Gasteiger partial charge in [0.2, 0.25) is 5.91 Å². The van der Waals surface area contributed by atoms with Crippen LogP contribution in [-0.4, -0.2) is 28.9 Å². The molecule has 0 aliphatic rings. The van der Waals surface area contributed by atoms with Crippen LogP contribution >= 0.6 is 11.3 Å². The van der Waals surface area contributed by atoms with Crippen molar-refractivity contribution >= 4 is 29.0 Å². The Morgan fingerprint density at radius 3 is 2.78 bits per heavy atom. The molecule has 6 nitrogen and oxygen atoms in total. The highest BCUT2D eigenvalue weighted by molar-refractivity contribution is 7.09. The summed E-state index contributed by atoms with van der Waals surface area (Å²) in [5.41, 5.74) is 2.52. The fraction of sp³-hybridized carbons (Fsp3) is 0.312. The molecule has 122 valence electrons. The lowest BCUT2D eigenvalue weighted by atomic mass is 10.2. The molecule has 0 atom stereocenters. The van der Waals surface area contributed by atoms with Gasteiger partial charge in [-0.3, -0.25) is 4.79 Å². The number of carbonyl (C=O) groups excluding carboxylic acids is 2. The molecule has 2 N–H and O–H groups in total. The second-order valence-corrected chi connectivity index (χ2v) is 6.32. The standard InChI is InChI=1S/C16H20N4O2S/c1-11(21)18-14-6-4-5-13(7-14)8-17-16(22)20(3)9-15-10-23-12(2)19-15/h4-7,10H,8-9H2,1-3H3,(H,17,22)(H,18,21). The number of hydrogen-bond donors (Lipinski definition) is 2. The van der Waals surface area contributed by atoms with E-state index in [1.54, 1.807) is 23.3 Å². The average Bonchev–Trinajstić information content (AvgIpc) is 2.89. The van der Waals surface area contributed by atoms with Crippen molar-refractivity contribution in [2.24, 2.45) is 0 Å². The number of aryl methyl sites for hydroxylation is 1. The quantitative estimate of drug-likeness (QED) is 0.884. The van der Waals surface area contributed by atoms with Crippen LogP contribution in [0.25, 0.3) is 0 Å². The number of nitrogens with one attached hydrogen (secondary N) is 2. The van der Waals surface area contributed by atoms with Gasteiger partial charge in [-0.2, -0.15) is 0 Å². The van der Waals surface area contributed by atoms with Crippen LogP contribution in [0.3, 0.4) is 0 Å². The molecule has 3 amide bonds. The van der Waals surface area contributed by atoms with Crippen LogP contribution in [0.4, 0.5) is 10.5 Å². The van der Waals surface area contributed by atoms with E-state index in [9.17, 15) is 9.59 Å². The van der Waals surface area contributed by atoms with Gasteiger partial charge in [0.05, 0.1) is 17.2 Å². The zero-order chi connectivity index (χ0) is 16.8. The van der Waals surface area contributed by atoms with Crippen molar-refractivity contribution in [2.75, 3.05) is 12.4 Å². The smallest absolute Gasteiger partial charge is 0.317 e. The van der Waals surface area contributed by atoms with Crippen molar-refractivity contribution in [1.29, 1.82) is 0 Å². The Hall–Kier alpha value is -2.41. The van der Waals surface area contributed by atoms with Crippen molar-refractivity contribution < 1.29 is 9.59 Å². The number of anilines is 1. The first kappa shape index (κ1) is 17.0. The number of rotatable bonds is 5. The van der Waals surface area contributed by atoms with E-state index in [0.29, 0.717) is 13.1 Å². The summed E-state index contributed by atoms with van der Waals surface area (Å²) in [6, 6.07) is 7.22. The Morgan fingerprint density at radius 2 is 2.13 bits per heavy atom. The van der Waals surface area contributed by atoms with Gasteiger partial charge < -0.3 is 15.5 Å². The third kappa shape index (κ3) is 5.37. The van der Waals surface area contributed by atoms with E-state index in [1.165, 1.54) is 6.92 Å². The first-order chi connectivity index (χ1) is 10.9. The van der Waals surface area contributed by atoms with Crippen molar-refractivity contribution in [2.45, 2.75) is 26.9 Å². The van der Waals surface area contributed by atoms with Crippen LogP contribution in [0.2, 0.25) is 0 Å². The largest absolute Gasteiger partial charge is 0.334 e. The van der Waals surface area contributed by atoms with E-state index in [-0.39, 0.29) is 11.9 Å². The van der Waals surface area contributed by atoms with Crippen LogP contribution in [0.1, 0.15) is 23.2 Å². The van der Waals surface area contributed by atoms with Crippen molar-refractivity contribution in [3.05, 3.63) is 45.9 Å². The van der Waals surface area contributed by atoms with E-state index in [1.807, 2.05) is 36.6 Å². The zero-order valence-corrected chi connectivity index (χ0v) is 14.2. The lowest BCUT2D eigenvalue weighted by Crippen LogP contribution is -2.36. The molecule has 0 saturated heterocycles. The summed E-state index contributed by atoms with van der Waals surface area (Å²) in [5, 5.41) is 8.52. The molecule has 2 rings (SSSR count). The molecular formula is C16H20N4O2S. The molecule has 7 heteroatoms. The minimum absolute atomic E-state index is 0.121. The fourth-order valence-corrected chi connectivity index (χ4v) is 2.67. The van der Waals surface area contributed by atoms with Crippen LogP contribution in [-0.2, 0) is 17.9 Å². The summed E-state index contributed by atoms with van der Waals surface area (Å²) in [5.74, 6) is -0.121. The molecule has 0 aliphatic heterocycles. The molecular weight excluding hydrogens is 312 g/mol. The van der Waals surface area contributed by atoms with Gasteiger partial charge in [0.25, 0.3) is 0 Å². The van der Waals surface area contributed by atoms with Gasteiger partial charge in [0, 0.05) is 31.6 Å². The lowest BCUT2D eigenvalue weighted by molar-refractivity contribution is -0.114. The van der Waals surface area contributed by atoms with Crippen molar-refractivity contribution in [3.8, 4) is 0 Å². The molecule has 23 heavy (non-hydrogen) atoms. The molecule has 0 spiro atoms. The molecule has 1 aromatic carbocycles. The fourth-order valence-electron chi connectivity index (χ4n) is 2.07. The number of amides is 3. The third-order valence-electron chi connectivity index (χ3n) is 3.10. The summed E-state index contributed by atoms with van der Waals surface area (Å²) in [6.07, 6.45) is 0. The van der Waals surface area contributed by atoms with Gasteiger partial charge in [0.1, 0.15) is 0 Å². The maximum Gasteiger partial charge on any atom is 0.317 e. The molecule has 1 heterocycles.